The second-order valence-corrected chi connectivity index (χ2v) is 8.13. The Hall–Kier alpha value is -2.68. The molecule has 0 spiro atoms. The molecule has 2 aliphatic rings. The van der Waals surface area contributed by atoms with Crippen molar-refractivity contribution in [1.82, 2.24) is 15.2 Å². The van der Waals surface area contributed by atoms with Crippen LogP contribution >= 0.6 is 11.3 Å². The summed E-state index contributed by atoms with van der Waals surface area (Å²) in [5.41, 5.74) is 1.06. The molecule has 1 aliphatic heterocycles. The van der Waals surface area contributed by atoms with Gasteiger partial charge in [-0.15, -0.1) is 0 Å². The maximum Gasteiger partial charge on any atom is 0.322 e. The second kappa shape index (κ2) is 8.14. The lowest BCUT2D eigenvalue weighted by atomic mass is 10.2. The number of carbonyl (C=O) groups is 2. The fourth-order valence-electron chi connectivity index (χ4n) is 3.57. The van der Waals surface area contributed by atoms with Crippen molar-refractivity contribution >= 4 is 34.2 Å². The largest absolute Gasteiger partial charge is 0.335 e. The number of aromatic nitrogens is 1. The third-order valence-electron chi connectivity index (χ3n) is 5.04. The SMILES string of the molecule is O=C(Nc1nc2c(s1)CN(C(=O)Nc1ccccc1F)CC2)NC1CCCC1. The number of urea groups is 2. The Morgan fingerprint density at radius 3 is 2.75 bits per heavy atom. The molecule has 1 saturated carbocycles. The lowest BCUT2D eigenvalue weighted by Gasteiger charge is -2.26. The summed E-state index contributed by atoms with van der Waals surface area (Å²) in [6.07, 6.45) is 4.95. The number of nitrogens with one attached hydrogen (secondary N) is 3. The quantitative estimate of drug-likeness (QED) is 0.726. The first-order valence-corrected chi connectivity index (χ1v) is 10.3. The molecule has 0 bridgehead atoms. The Balaban J connectivity index is 1.35. The number of fused-ring (bicyclic) bond motifs is 1. The molecule has 0 radical (unpaired) electrons. The Labute approximate surface area is 166 Å². The number of carbonyl (C=O) groups excluding carboxylic acids is 2. The van der Waals surface area contributed by atoms with Crippen LogP contribution in [0.1, 0.15) is 36.3 Å². The fraction of sp³-hybridized carbons (Fsp3) is 0.421. The normalized spacial score (nSPS) is 16.5. The predicted molar refractivity (Wildman–Crippen MR) is 106 cm³/mol. The zero-order valence-electron chi connectivity index (χ0n) is 15.3. The molecule has 28 heavy (non-hydrogen) atoms. The minimum absolute atomic E-state index is 0.161. The Bertz CT molecular complexity index is 881. The van der Waals surface area contributed by atoms with E-state index in [1.165, 1.54) is 23.5 Å². The number of thiazole rings is 1. The zero-order chi connectivity index (χ0) is 19.5. The van der Waals surface area contributed by atoms with Gasteiger partial charge in [-0.2, -0.15) is 0 Å². The first-order valence-electron chi connectivity index (χ1n) is 9.45. The van der Waals surface area contributed by atoms with Gasteiger partial charge in [-0.25, -0.2) is 19.0 Å². The average molecular weight is 403 g/mol. The molecule has 0 saturated heterocycles. The van der Waals surface area contributed by atoms with Gasteiger partial charge < -0.3 is 15.5 Å². The highest BCUT2D eigenvalue weighted by Crippen LogP contribution is 2.29. The van der Waals surface area contributed by atoms with Gasteiger partial charge in [-0.05, 0) is 25.0 Å². The summed E-state index contributed by atoms with van der Waals surface area (Å²) in [6.45, 7) is 0.879. The van der Waals surface area contributed by atoms with Crippen LogP contribution in [-0.4, -0.2) is 34.5 Å². The number of benzene rings is 1. The Morgan fingerprint density at radius 2 is 1.96 bits per heavy atom. The van der Waals surface area contributed by atoms with E-state index in [0.29, 0.717) is 24.6 Å². The number of hydrogen-bond acceptors (Lipinski definition) is 4. The molecule has 1 aliphatic carbocycles. The van der Waals surface area contributed by atoms with Crippen molar-refractivity contribution in [3.05, 3.63) is 40.7 Å². The van der Waals surface area contributed by atoms with E-state index in [2.05, 4.69) is 20.9 Å². The van der Waals surface area contributed by atoms with Crippen LogP contribution in [0.25, 0.3) is 0 Å². The van der Waals surface area contributed by atoms with Crippen molar-refractivity contribution in [3.63, 3.8) is 0 Å². The molecule has 1 fully saturated rings. The van der Waals surface area contributed by atoms with Gasteiger partial charge in [-0.1, -0.05) is 36.3 Å². The van der Waals surface area contributed by atoms with Crippen LogP contribution in [0.15, 0.2) is 24.3 Å². The van der Waals surface area contributed by atoms with E-state index in [1.54, 1.807) is 17.0 Å². The molecule has 148 valence electrons. The van der Waals surface area contributed by atoms with Gasteiger partial charge in [0.05, 0.1) is 17.9 Å². The maximum atomic E-state index is 13.7. The molecule has 9 heteroatoms. The summed E-state index contributed by atoms with van der Waals surface area (Å²) in [5.74, 6) is -0.467. The molecular formula is C19H22FN5O2S. The lowest BCUT2D eigenvalue weighted by molar-refractivity contribution is 0.206. The van der Waals surface area contributed by atoms with Crippen LogP contribution in [0.2, 0.25) is 0 Å². The van der Waals surface area contributed by atoms with Crippen LogP contribution < -0.4 is 16.0 Å². The number of rotatable bonds is 3. The summed E-state index contributed by atoms with van der Waals surface area (Å²) in [7, 11) is 0. The fourth-order valence-corrected chi connectivity index (χ4v) is 4.59. The van der Waals surface area contributed by atoms with Crippen LogP contribution in [0.3, 0.4) is 0 Å². The van der Waals surface area contributed by atoms with Crippen LogP contribution in [-0.2, 0) is 13.0 Å². The number of nitrogens with zero attached hydrogens (tertiary/aromatic N) is 2. The number of anilines is 2. The van der Waals surface area contributed by atoms with E-state index >= 15 is 0 Å². The van der Waals surface area contributed by atoms with Crippen LogP contribution in [0.5, 0.6) is 0 Å². The molecule has 1 aromatic carbocycles. The lowest BCUT2D eigenvalue weighted by Crippen LogP contribution is -2.38. The number of amides is 4. The van der Waals surface area contributed by atoms with Crippen molar-refractivity contribution in [3.8, 4) is 0 Å². The smallest absolute Gasteiger partial charge is 0.322 e. The molecule has 4 rings (SSSR count). The van der Waals surface area contributed by atoms with Crippen LogP contribution in [0.4, 0.5) is 24.8 Å². The summed E-state index contributed by atoms with van der Waals surface area (Å²) < 4.78 is 13.7. The summed E-state index contributed by atoms with van der Waals surface area (Å²) in [6, 6.07) is 5.75. The third kappa shape index (κ3) is 4.24. The van der Waals surface area contributed by atoms with Gasteiger partial charge in [0.1, 0.15) is 5.82 Å². The number of para-hydroxylation sites is 1. The van der Waals surface area contributed by atoms with Gasteiger partial charge in [-0.3, -0.25) is 5.32 Å². The molecular weight excluding hydrogens is 381 g/mol. The topological polar surface area (TPSA) is 86.4 Å². The van der Waals surface area contributed by atoms with Gasteiger partial charge in [0.15, 0.2) is 5.13 Å². The predicted octanol–water partition coefficient (Wildman–Crippen LogP) is 3.94. The molecule has 4 amide bonds. The molecule has 7 nitrogen and oxygen atoms in total. The summed E-state index contributed by atoms with van der Waals surface area (Å²) >= 11 is 1.37. The van der Waals surface area contributed by atoms with E-state index in [1.807, 2.05) is 0 Å². The highest BCUT2D eigenvalue weighted by atomic mass is 32.1. The summed E-state index contributed by atoms with van der Waals surface area (Å²) in [4.78, 5) is 31.6. The van der Waals surface area contributed by atoms with Gasteiger partial charge in [0.2, 0.25) is 0 Å². The maximum absolute atomic E-state index is 13.7. The first-order chi connectivity index (χ1) is 13.6. The van der Waals surface area contributed by atoms with Crippen molar-refractivity contribution in [2.75, 3.05) is 17.2 Å². The highest BCUT2D eigenvalue weighted by Gasteiger charge is 2.25. The van der Waals surface area contributed by atoms with Crippen molar-refractivity contribution in [2.45, 2.75) is 44.7 Å². The van der Waals surface area contributed by atoms with E-state index in [4.69, 9.17) is 0 Å². The Kier molecular flexibility index (Phi) is 5.43. The van der Waals surface area contributed by atoms with Gasteiger partial charge in [0, 0.05) is 23.9 Å². The van der Waals surface area contributed by atoms with E-state index in [9.17, 15) is 14.0 Å². The van der Waals surface area contributed by atoms with E-state index in [0.717, 1.165) is 36.3 Å². The second-order valence-electron chi connectivity index (χ2n) is 7.05. The van der Waals surface area contributed by atoms with Gasteiger partial charge in [0.25, 0.3) is 0 Å². The van der Waals surface area contributed by atoms with Crippen LogP contribution in [0, 0.1) is 5.82 Å². The molecule has 2 heterocycles. The Morgan fingerprint density at radius 1 is 1.18 bits per heavy atom. The molecule has 3 N–H and O–H groups in total. The third-order valence-corrected chi connectivity index (χ3v) is 6.04. The highest BCUT2D eigenvalue weighted by molar-refractivity contribution is 7.15. The van der Waals surface area contributed by atoms with Gasteiger partial charge >= 0.3 is 12.1 Å². The first kappa shape index (κ1) is 18.7. The minimum atomic E-state index is -0.467. The standard InChI is InChI=1S/C19H22FN5O2S/c20-13-7-3-4-8-14(13)23-19(27)25-10-9-15-16(11-25)28-18(22-15)24-17(26)21-12-5-1-2-6-12/h3-4,7-8,12H,1-2,5-6,9-11H2,(H,23,27)(H2,21,22,24,26). The zero-order valence-corrected chi connectivity index (χ0v) is 16.2. The molecule has 0 unspecified atom stereocenters. The summed E-state index contributed by atoms with van der Waals surface area (Å²) in [5, 5.41) is 8.93. The van der Waals surface area contributed by atoms with Crippen molar-refractivity contribution < 1.29 is 14.0 Å². The molecule has 2 aromatic rings. The average Bonchev–Trinajstić information content (AvgIpc) is 3.31. The number of hydrogen-bond donors (Lipinski definition) is 3. The van der Waals surface area contributed by atoms with E-state index < -0.39 is 5.82 Å². The van der Waals surface area contributed by atoms with Crippen molar-refractivity contribution in [2.24, 2.45) is 0 Å². The van der Waals surface area contributed by atoms with E-state index in [-0.39, 0.29) is 23.8 Å². The minimum Gasteiger partial charge on any atom is -0.335 e. The molecule has 1 aromatic heterocycles. The monoisotopic (exact) mass is 403 g/mol. The number of halogens is 1. The van der Waals surface area contributed by atoms with Crippen molar-refractivity contribution in [1.29, 1.82) is 0 Å². The molecule has 0 atom stereocenters.